The van der Waals surface area contributed by atoms with Crippen LogP contribution in [0.4, 0.5) is 4.79 Å². The van der Waals surface area contributed by atoms with Crippen molar-refractivity contribution in [2.75, 3.05) is 13.2 Å². The van der Waals surface area contributed by atoms with Gasteiger partial charge in [-0.15, -0.1) is 22.7 Å². The third-order valence-corrected chi connectivity index (χ3v) is 6.35. The van der Waals surface area contributed by atoms with E-state index in [1.807, 2.05) is 19.1 Å². The molecule has 2 aromatic rings. The number of rotatable bonds is 4. The second-order valence-corrected chi connectivity index (χ2v) is 9.93. The maximum Gasteiger partial charge on any atom is 0.411 e. The van der Waals surface area contributed by atoms with Crippen LogP contribution in [0.3, 0.4) is 0 Å². The van der Waals surface area contributed by atoms with E-state index in [-0.39, 0.29) is 12.4 Å². The molecule has 0 aliphatic carbocycles. The predicted molar refractivity (Wildman–Crippen MR) is 106 cm³/mol. The Labute approximate surface area is 166 Å². The van der Waals surface area contributed by atoms with E-state index >= 15 is 0 Å². The Kier molecular flexibility index (Phi) is 5.58. The summed E-state index contributed by atoms with van der Waals surface area (Å²) in [6.45, 7) is 7.49. The highest BCUT2D eigenvalue weighted by molar-refractivity contribution is 7.28. The zero-order valence-electron chi connectivity index (χ0n) is 15.9. The Morgan fingerprint density at radius 3 is 2.56 bits per heavy atom. The standard InChI is InChI=1S/C19H23NO5S2/c1-11-8-15-16(26-11)9-14(27-15)13(21)10-24-17(22)12-6-5-7-20(12)18(23)25-19(2,3)4/h8-9,12H,5-7,10H2,1-4H3/t12-/m0/s1. The first kappa shape index (κ1) is 19.8. The number of fused-ring (bicyclic) bond motifs is 1. The molecule has 3 rings (SSSR count). The first-order valence-corrected chi connectivity index (χ1v) is 10.5. The van der Waals surface area contributed by atoms with Crippen LogP contribution in [-0.4, -0.2) is 47.5 Å². The molecule has 0 spiro atoms. The number of amides is 1. The summed E-state index contributed by atoms with van der Waals surface area (Å²) in [5.74, 6) is -0.780. The van der Waals surface area contributed by atoms with Gasteiger partial charge in [-0.1, -0.05) is 0 Å². The molecular formula is C19H23NO5S2. The molecule has 27 heavy (non-hydrogen) atoms. The summed E-state index contributed by atoms with van der Waals surface area (Å²) in [6, 6.07) is 3.20. The Bertz CT molecular complexity index is 845. The molecule has 2 aromatic heterocycles. The minimum Gasteiger partial charge on any atom is -0.456 e. The van der Waals surface area contributed by atoms with Crippen molar-refractivity contribution in [2.24, 2.45) is 0 Å². The zero-order chi connectivity index (χ0) is 19.8. The summed E-state index contributed by atoms with van der Waals surface area (Å²) in [5, 5.41) is 0. The summed E-state index contributed by atoms with van der Waals surface area (Å²) in [4.78, 5) is 40.2. The van der Waals surface area contributed by atoms with Gasteiger partial charge >= 0.3 is 12.1 Å². The lowest BCUT2D eigenvalue weighted by molar-refractivity contribution is -0.147. The van der Waals surface area contributed by atoms with Gasteiger partial charge in [-0.3, -0.25) is 9.69 Å². The van der Waals surface area contributed by atoms with Crippen molar-refractivity contribution in [2.45, 2.75) is 52.2 Å². The molecule has 0 radical (unpaired) electrons. The van der Waals surface area contributed by atoms with Crippen LogP contribution in [0.15, 0.2) is 12.1 Å². The molecule has 1 aliphatic rings. The van der Waals surface area contributed by atoms with Gasteiger partial charge in [-0.25, -0.2) is 9.59 Å². The fourth-order valence-electron chi connectivity index (χ4n) is 2.95. The summed E-state index contributed by atoms with van der Waals surface area (Å²) in [7, 11) is 0. The van der Waals surface area contributed by atoms with Crippen LogP contribution in [0.25, 0.3) is 9.40 Å². The molecule has 6 nitrogen and oxygen atoms in total. The van der Waals surface area contributed by atoms with Gasteiger partial charge in [-0.2, -0.15) is 0 Å². The fraction of sp³-hybridized carbons (Fsp3) is 0.526. The molecule has 1 amide bonds. The molecule has 1 aliphatic heterocycles. The van der Waals surface area contributed by atoms with Crippen molar-refractivity contribution in [3.05, 3.63) is 21.9 Å². The fourth-order valence-corrected chi connectivity index (χ4v) is 5.19. The van der Waals surface area contributed by atoms with Crippen LogP contribution in [0, 0.1) is 6.92 Å². The average Bonchev–Trinajstić information content (AvgIpc) is 3.24. The number of carbonyl (C=O) groups is 3. The summed E-state index contributed by atoms with van der Waals surface area (Å²) < 4.78 is 12.7. The quantitative estimate of drug-likeness (QED) is 0.553. The Hall–Kier alpha value is -1.93. The molecule has 0 saturated carbocycles. The summed E-state index contributed by atoms with van der Waals surface area (Å²) >= 11 is 3.04. The minimum absolute atomic E-state index is 0.226. The third-order valence-electron chi connectivity index (χ3n) is 4.10. The molecule has 0 N–H and O–H groups in total. The second-order valence-electron chi connectivity index (χ2n) is 7.56. The molecule has 146 valence electrons. The molecule has 3 heterocycles. The molecule has 0 aromatic carbocycles. The van der Waals surface area contributed by atoms with Crippen molar-refractivity contribution in [1.82, 2.24) is 4.90 Å². The minimum atomic E-state index is -0.692. The summed E-state index contributed by atoms with van der Waals surface area (Å²) in [6.07, 6.45) is 0.690. The molecule has 8 heteroatoms. The highest BCUT2D eigenvalue weighted by Gasteiger charge is 2.37. The number of likely N-dealkylation sites (tertiary alicyclic amines) is 1. The van der Waals surface area contributed by atoms with Crippen LogP contribution in [0.5, 0.6) is 0 Å². The number of ketones is 1. The Morgan fingerprint density at radius 1 is 1.19 bits per heavy atom. The van der Waals surface area contributed by atoms with Gasteiger partial charge in [0.05, 0.1) is 4.88 Å². The van der Waals surface area contributed by atoms with Gasteiger partial charge in [0.25, 0.3) is 0 Å². The number of nitrogens with zero attached hydrogens (tertiary/aromatic N) is 1. The monoisotopic (exact) mass is 409 g/mol. The van der Waals surface area contributed by atoms with E-state index in [0.29, 0.717) is 24.3 Å². The van der Waals surface area contributed by atoms with Gasteiger partial charge in [-0.05, 0) is 52.7 Å². The van der Waals surface area contributed by atoms with E-state index in [1.54, 1.807) is 32.1 Å². The number of carbonyl (C=O) groups excluding carboxylic acids is 3. The van der Waals surface area contributed by atoms with Gasteiger partial charge in [0.2, 0.25) is 5.78 Å². The second kappa shape index (κ2) is 7.59. The molecule has 1 atom stereocenters. The van der Waals surface area contributed by atoms with E-state index in [1.165, 1.54) is 21.1 Å². The van der Waals surface area contributed by atoms with Crippen molar-refractivity contribution in [3.63, 3.8) is 0 Å². The van der Waals surface area contributed by atoms with Crippen molar-refractivity contribution in [3.8, 4) is 0 Å². The largest absolute Gasteiger partial charge is 0.456 e. The number of hydrogen-bond donors (Lipinski definition) is 0. The maximum absolute atomic E-state index is 12.4. The molecule has 0 unspecified atom stereocenters. The Balaban J connectivity index is 1.58. The van der Waals surface area contributed by atoms with Crippen molar-refractivity contribution in [1.29, 1.82) is 0 Å². The molecule has 0 bridgehead atoms. The van der Waals surface area contributed by atoms with Gasteiger partial charge in [0.1, 0.15) is 11.6 Å². The molecule has 1 fully saturated rings. The lowest BCUT2D eigenvalue weighted by Gasteiger charge is -2.27. The predicted octanol–water partition coefficient (Wildman–Crippen LogP) is 4.40. The van der Waals surface area contributed by atoms with Gasteiger partial charge in [0.15, 0.2) is 6.61 Å². The normalized spacial score (nSPS) is 17.3. The first-order chi connectivity index (χ1) is 12.6. The number of hydrogen-bond acceptors (Lipinski definition) is 7. The highest BCUT2D eigenvalue weighted by Crippen LogP contribution is 2.33. The van der Waals surface area contributed by atoms with Crippen molar-refractivity contribution >= 4 is 49.9 Å². The van der Waals surface area contributed by atoms with E-state index in [9.17, 15) is 14.4 Å². The van der Waals surface area contributed by atoms with Crippen LogP contribution < -0.4 is 0 Å². The lowest BCUT2D eigenvalue weighted by Crippen LogP contribution is -2.44. The van der Waals surface area contributed by atoms with Crippen molar-refractivity contribution < 1.29 is 23.9 Å². The van der Waals surface area contributed by atoms with Crippen LogP contribution in [0.1, 0.15) is 48.2 Å². The number of Topliss-reactive ketones (excluding diaryl/α,β-unsaturated/α-hetero) is 1. The number of aryl methyl sites for hydroxylation is 1. The highest BCUT2D eigenvalue weighted by atomic mass is 32.1. The first-order valence-electron chi connectivity index (χ1n) is 8.83. The van der Waals surface area contributed by atoms with Crippen LogP contribution in [-0.2, 0) is 14.3 Å². The van der Waals surface area contributed by atoms with E-state index in [0.717, 1.165) is 9.40 Å². The summed E-state index contributed by atoms with van der Waals surface area (Å²) in [5.41, 5.74) is -0.630. The van der Waals surface area contributed by atoms with Crippen LogP contribution in [0.2, 0.25) is 0 Å². The lowest BCUT2D eigenvalue weighted by atomic mass is 10.2. The SMILES string of the molecule is Cc1cc2sc(C(=O)COC(=O)[C@@H]3CCCN3C(=O)OC(C)(C)C)cc2s1. The zero-order valence-corrected chi connectivity index (χ0v) is 17.5. The molecule has 1 saturated heterocycles. The van der Waals surface area contributed by atoms with E-state index in [2.05, 4.69) is 0 Å². The Morgan fingerprint density at radius 2 is 1.89 bits per heavy atom. The number of thiophene rings is 2. The average molecular weight is 410 g/mol. The van der Waals surface area contributed by atoms with E-state index < -0.39 is 23.7 Å². The van der Waals surface area contributed by atoms with E-state index in [4.69, 9.17) is 9.47 Å². The smallest absolute Gasteiger partial charge is 0.411 e. The van der Waals surface area contributed by atoms with Crippen LogP contribution >= 0.6 is 22.7 Å². The molecular weight excluding hydrogens is 386 g/mol. The number of ether oxygens (including phenoxy) is 2. The van der Waals surface area contributed by atoms with Gasteiger partial charge in [0, 0.05) is 20.8 Å². The number of esters is 1. The van der Waals surface area contributed by atoms with Gasteiger partial charge < -0.3 is 9.47 Å². The topological polar surface area (TPSA) is 72.9 Å². The maximum atomic E-state index is 12.4. The third kappa shape index (κ3) is 4.68.